The number of hydrogen-bond acceptors (Lipinski definition) is 7. The molecule has 0 unspecified atom stereocenters. The lowest BCUT2D eigenvalue weighted by atomic mass is 10.2. The zero-order valence-electron chi connectivity index (χ0n) is 18.9. The molecule has 0 bridgehead atoms. The van der Waals surface area contributed by atoms with Crippen LogP contribution in [0.1, 0.15) is 22.8 Å². The number of carbonyl (C=O) groups excluding carboxylic acids is 2. The van der Waals surface area contributed by atoms with Gasteiger partial charge in [-0.15, -0.1) is 0 Å². The second kappa shape index (κ2) is 12.3. The number of nitrogens with one attached hydrogen (secondary N) is 2. The van der Waals surface area contributed by atoms with E-state index in [0.29, 0.717) is 11.3 Å². The number of nitro benzene ring substituents is 1. The van der Waals surface area contributed by atoms with Gasteiger partial charge < -0.3 is 14.8 Å². The van der Waals surface area contributed by atoms with Crippen molar-refractivity contribution in [1.29, 1.82) is 0 Å². The number of ether oxygens (including phenoxy) is 2. The Balaban J connectivity index is 1.64. The van der Waals surface area contributed by atoms with Gasteiger partial charge in [0, 0.05) is 23.4 Å². The van der Waals surface area contributed by atoms with Crippen molar-refractivity contribution in [3.63, 3.8) is 0 Å². The van der Waals surface area contributed by atoms with E-state index >= 15 is 0 Å². The number of benzene rings is 3. The van der Waals surface area contributed by atoms with E-state index in [-0.39, 0.29) is 41.0 Å². The number of hydrogen-bond donors (Lipinski definition) is 2. The highest BCUT2D eigenvalue weighted by molar-refractivity contribution is 6.32. The van der Waals surface area contributed by atoms with Gasteiger partial charge in [0.1, 0.15) is 5.82 Å². The van der Waals surface area contributed by atoms with E-state index < -0.39 is 22.6 Å². The molecule has 36 heavy (non-hydrogen) atoms. The van der Waals surface area contributed by atoms with Gasteiger partial charge >= 0.3 is 0 Å². The molecule has 0 saturated heterocycles. The Labute approximate surface area is 209 Å². The second-order valence-corrected chi connectivity index (χ2v) is 7.52. The van der Waals surface area contributed by atoms with E-state index in [1.807, 2.05) is 0 Å². The Kier molecular flexibility index (Phi) is 8.89. The summed E-state index contributed by atoms with van der Waals surface area (Å²) in [6, 6.07) is 13.4. The Bertz CT molecular complexity index is 1280. The first-order valence-electron chi connectivity index (χ1n) is 10.5. The SMILES string of the molecule is CCOc1cc(/C=N/NC(=O)c2ccc([N+](=O)[O-])cc2)cc(Cl)c1OCC(=O)Nc1ccc(F)cc1. The van der Waals surface area contributed by atoms with Crippen molar-refractivity contribution < 1.29 is 28.4 Å². The Morgan fingerprint density at radius 2 is 1.81 bits per heavy atom. The number of carbonyl (C=O) groups is 2. The quantitative estimate of drug-likeness (QED) is 0.231. The Hall–Kier alpha value is -4.51. The molecule has 12 heteroatoms. The minimum Gasteiger partial charge on any atom is -0.490 e. The van der Waals surface area contributed by atoms with E-state index in [1.54, 1.807) is 13.0 Å². The van der Waals surface area contributed by atoms with Crippen LogP contribution < -0.4 is 20.2 Å². The average Bonchev–Trinajstić information content (AvgIpc) is 2.85. The topological polar surface area (TPSA) is 132 Å². The van der Waals surface area contributed by atoms with Crippen LogP contribution in [0.25, 0.3) is 0 Å². The average molecular weight is 515 g/mol. The van der Waals surface area contributed by atoms with Crippen LogP contribution >= 0.6 is 11.6 Å². The number of rotatable bonds is 10. The maximum atomic E-state index is 13.0. The fourth-order valence-corrected chi connectivity index (χ4v) is 3.17. The van der Waals surface area contributed by atoms with Gasteiger partial charge in [0.15, 0.2) is 18.1 Å². The minimum absolute atomic E-state index is 0.136. The maximum absolute atomic E-state index is 13.0. The molecule has 0 aliphatic heterocycles. The largest absolute Gasteiger partial charge is 0.490 e. The predicted octanol–water partition coefficient (Wildman–Crippen LogP) is 4.57. The molecule has 3 rings (SSSR count). The third-order valence-electron chi connectivity index (χ3n) is 4.53. The van der Waals surface area contributed by atoms with Crippen LogP contribution in [0.4, 0.5) is 15.8 Å². The summed E-state index contributed by atoms with van der Waals surface area (Å²) in [5, 5.41) is 17.3. The first kappa shape index (κ1) is 26.1. The molecule has 0 aliphatic carbocycles. The molecule has 0 aromatic heterocycles. The minimum atomic E-state index is -0.565. The van der Waals surface area contributed by atoms with Gasteiger partial charge in [0.05, 0.1) is 22.8 Å². The van der Waals surface area contributed by atoms with Gasteiger partial charge in [0.2, 0.25) is 0 Å². The van der Waals surface area contributed by atoms with Gasteiger partial charge in [-0.1, -0.05) is 11.6 Å². The van der Waals surface area contributed by atoms with Crippen LogP contribution in [0.5, 0.6) is 11.5 Å². The Morgan fingerprint density at radius 1 is 1.11 bits per heavy atom. The highest BCUT2D eigenvalue weighted by atomic mass is 35.5. The maximum Gasteiger partial charge on any atom is 0.271 e. The summed E-state index contributed by atoms with van der Waals surface area (Å²) < 4.78 is 24.1. The summed E-state index contributed by atoms with van der Waals surface area (Å²) in [6.45, 7) is 1.66. The first-order valence-corrected chi connectivity index (χ1v) is 10.9. The van der Waals surface area contributed by atoms with E-state index in [0.717, 1.165) is 0 Å². The second-order valence-electron chi connectivity index (χ2n) is 7.11. The van der Waals surface area contributed by atoms with Crippen LogP contribution in [-0.4, -0.2) is 36.2 Å². The summed E-state index contributed by atoms with van der Waals surface area (Å²) in [6.07, 6.45) is 1.32. The highest BCUT2D eigenvalue weighted by Crippen LogP contribution is 2.36. The van der Waals surface area contributed by atoms with Gasteiger partial charge in [-0.3, -0.25) is 19.7 Å². The summed E-state index contributed by atoms with van der Waals surface area (Å²) >= 11 is 6.33. The van der Waals surface area contributed by atoms with E-state index in [9.17, 15) is 24.1 Å². The zero-order chi connectivity index (χ0) is 26.1. The summed E-state index contributed by atoms with van der Waals surface area (Å²) in [7, 11) is 0. The first-order chi connectivity index (χ1) is 17.3. The molecule has 2 amide bonds. The lowest BCUT2D eigenvalue weighted by Crippen LogP contribution is -2.20. The molecule has 186 valence electrons. The van der Waals surface area contributed by atoms with E-state index in [1.165, 1.54) is 60.8 Å². The molecule has 0 atom stereocenters. The number of nitro groups is 1. The van der Waals surface area contributed by atoms with Crippen molar-refractivity contribution in [2.24, 2.45) is 5.10 Å². The van der Waals surface area contributed by atoms with Crippen LogP contribution in [0.15, 0.2) is 65.8 Å². The molecule has 0 spiro atoms. The van der Waals surface area contributed by atoms with E-state index in [4.69, 9.17) is 21.1 Å². The molecule has 3 aromatic rings. The fourth-order valence-electron chi connectivity index (χ4n) is 2.90. The lowest BCUT2D eigenvalue weighted by Gasteiger charge is -2.14. The number of anilines is 1. The van der Waals surface area contributed by atoms with Crippen LogP contribution in [-0.2, 0) is 4.79 Å². The third-order valence-corrected chi connectivity index (χ3v) is 4.81. The van der Waals surface area contributed by atoms with Crippen molar-refractivity contribution in [2.45, 2.75) is 6.92 Å². The Morgan fingerprint density at radius 3 is 2.44 bits per heavy atom. The molecular weight excluding hydrogens is 495 g/mol. The molecule has 0 fully saturated rings. The number of nitrogens with zero attached hydrogens (tertiary/aromatic N) is 2. The van der Waals surface area contributed by atoms with Crippen molar-refractivity contribution >= 4 is 41.0 Å². The normalized spacial score (nSPS) is 10.6. The molecule has 0 radical (unpaired) electrons. The van der Waals surface area contributed by atoms with Crippen molar-refractivity contribution in [3.8, 4) is 11.5 Å². The predicted molar refractivity (Wildman–Crippen MR) is 131 cm³/mol. The molecule has 2 N–H and O–H groups in total. The lowest BCUT2D eigenvalue weighted by molar-refractivity contribution is -0.384. The van der Waals surface area contributed by atoms with Crippen LogP contribution in [0, 0.1) is 15.9 Å². The monoisotopic (exact) mass is 514 g/mol. The number of amides is 2. The third kappa shape index (κ3) is 7.24. The van der Waals surface area contributed by atoms with Gasteiger partial charge in [-0.05, 0) is 61.0 Å². The molecule has 0 saturated carbocycles. The smallest absolute Gasteiger partial charge is 0.271 e. The summed E-state index contributed by atoms with van der Waals surface area (Å²) in [4.78, 5) is 34.5. The summed E-state index contributed by atoms with van der Waals surface area (Å²) in [5.41, 5.74) is 3.24. The number of halogens is 2. The zero-order valence-corrected chi connectivity index (χ0v) is 19.6. The fraction of sp³-hybridized carbons (Fsp3) is 0.125. The van der Waals surface area contributed by atoms with Crippen LogP contribution in [0.3, 0.4) is 0 Å². The van der Waals surface area contributed by atoms with Crippen molar-refractivity contribution in [3.05, 3.63) is 92.7 Å². The van der Waals surface area contributed by atoms with Crippen molar-refractivity contribution in [2.75, 3.05) is 18.5 Å². The molecule has 3 aromatic carbocycles. The molecule has 0 heterocycles. The van der Waals surface area contributed by atoms with Crippen LogP contribution in [0.2, 0.25) is 5.02 Å². The highest BCUT2D eigenvalue weighted by Gasteiger charge is 2.15. The molecule has 0 aliphatic rings. The standard InChI is InChI=1S/C24H20ClFN4O6/c1-2-35-21-12-15(13-27-29-24(32)16-3-9-19(10-4-16)30(33)34)11-20(25)23(21)36-14-22(31)28-18-7-5-17(26)6-8-18/h3-13H,2,14H2,1H3,(H,28,31)(H,29,32)/b27-13+. The van der Waals surface area contributed by atoms with E-state index in [2.05, 4.69) is 15.8 Å². The number of hydrazone groups is 1. The van der Waals surface area contributed by atoms with Gasteiger partial charge in [-0.2, -0.15) is 5.10 Å². The van der Waals surface area contributed by atoms with Gasteiger partial charge in [0.25, 0.3) is 17.5 Å². The molecular formula is C24H20ClFN4O6. The van der Waals surface area contributed by atoms with Crippen molar-refractivity contribution in [1.82, 2.24) is 5.43 Å². The molecule has 10 nitrogen and oxygen atoms in total. The number of non-ortho nitro benzene ring substituents is 1. The summed E-state index contributed by atoms with van der Waals surface area (Å²) in [5.74, 6) is -1.08. The van der Waals surface area contributed by atoms with Gasteiger partial charge in [-0.25, -0.2) is 9.82 Å².